The average Bonchev–Trinajstić information content (AvgIpc) is 3.23. The topological polar surface area (TPSA) is 73.6 Å². The molecule has 0 saturated carbocycles. The fourth-order valence-electron chi connectivity index (χ4n) is 3.92. The van der Waals surface area contributed by atoms with Gasteiger partial charge in [-0.2, -0.15) is 0 Å². The summed E-state index contributed by atoms with van der Waals surface area (Å²) < 4.78 is 13.5. The molecule has 138 valence electrons. The predicted molar refractivity (Wildman–Crippen MR) is 107 cm³/mol. The Morgan fingerprint density at radius 1 is 1.26 bits per heavy atom. The van der Waals surface area contributed by atoms with Gasteiger partial charge in [-0.3, -0.25) is 9.78 Å². The van der Waals surface area contributed by atoms with Gasteiger partial charge in [0.05, 0.1) is 5.39 Å². The van der Waals surface area contributed by atoms with Crippen LogP contribution >= 0.6 is 11.3 Å². The molecule has 3 heterocycles. The number of aromatic nitrogens is 3. The Hall–Kier alpha value is -2.67. The molecule has 0 saturated heterocycles. The largest absolute Gasteiger partial charge is 0.361 e. The van der Waals surface area contributed by atoms with Crippen LogP contribution in [-0.2, 0) is 19.3 Å². The summed E-state index contributed by atoms with van der Waals surface area (Å²) in [4.78, 5) is 25.3. The minimum atomic E-state index is -0.241. The second-order valence-corrected chi connectivity index (χ2v) is 8.07. The maximum atomic E-state index is 13.5. The highest BCUT2D eigenvalue weighted by atomic mass is 32.1. The van der Waals surface area contributed by atoms with Gasteiger partial charge in [0.1, 0.15) is 10.6 Å². The third-order valence-corrected chi connectivity index (χ3v) is 6.43. The number of halogens is 1. The zero-order valence-corrected chi connectivity index (χ0v) is 15.5. The van der Waals surface area contributed by atoms with E-state index >= 15 is 0 Å². The quantitative estimate of drug-likeness (QED) is 0.497. The highest BCUT2D eigenvalue weighted by Gasteiger charge is 2.19. The Bertz CT molecular complexity index is 1210. The van der Waals surface area contributed by atoms with Gasteiger partial charge in [0.15, 0.2) is 0 Å². The Morgan fingerprint density at radius 3 is 3.07 bits per heavy atom. The predicted octanol–water partition coefficient (Wildman–Crippen LogP) is 4.14. The minimum absolute atomic E-state index is 0.0592. The number of rotatable bonds is 4. The Labute approximate surface area is 158 Å². The summed E-state index contributed by atoms with van der Waals surface area (Å²) in [6, 6.07) is 4.74. The van der Waals surface area contributed by atoms with Gasteiger partial charge in [-0.15, -0.1) is 11.3 Å². The first-order valence-electron chi connectivity index (χ1n) is 9.23. The summed E-state index contributed by atoms with van der Waals surface area (Å²) in [6.45, 7) is 0.600. The Morgan fingerprint density at radius 2 is 2.15 bits per heavy atom. The molecule has 0 atom stereocenters. The molecule has 1 aliphatic rings. The van der Waals surface area contributed by atoms with E-state index in [9.17, 15) is 9.18 Å². The van der Waals surface area contributed by atoms with Gasteiger partial charge in [0, 0.05) is 28.5 Å². The van der Waals surface area contributed by atoms with Gasteiger partial charge in [-0.05, 0) is 61.4 Å². The van der Waals surface area contributed by atoms with Crippen molar-refractivity contribution in [2.24, 2.45) is 0 Å². The fraction of sp³-hybridized carbons (Fsp3) is 0.300. The number of H-pyrrole nitrogens is 2. The van der Waals surface area contributed by atoms with E-state index in [0.29, 0.717) is 18.9 Å². The molecule has 5 rings (SSSR count). The molecule has 4 aromatic rings. The van der Waals surface area contributed by atoms with Crippen LogP contribution in [0.5, 0.6) is 0 Å². The van der Waals surface area contributed by atoms with Crippen molar-refractivity contribution in [3.63, 3.8) is 0 Å². The highest BCUT2D eigenvalue weighted by molar-refractivity contribution is 7.18. The molecule has 1 aromatic carbocycles. The van der Waals surface area contributed by atoms with Crippen LogP contribution in [0.15, 0.2) is 29.2 Å². The normalized spacial score (nSPS) is 14.0. The van der Waals surface area contributed by atoms with Crippen LogP contribution in [0.1, 0.15) is 28.8 Å². The molecule has 0 fully saturated rings. The number of anilines is 1. The lowest BCUT2D eigenvalue weighted by molar-refractivity contribution is 0.629. The van der Waals surface area contributed by atoms with Crippen LogP contribution in [0.3, 0.4) is 0 Å². The zero-order chi connectivity index (χ0) is 18.4. The summed E-state index contributed by atoms with van der Waals surface area (Å²) in [5.74, 6) is 0.256. The van der Waals surface area contributed by atoms with Crippen molar-refractivity contribution in [1.29, 1.82) is 0 Å². The second kappa shape index (κ2) is 6.49. The molecule has 0 aliphatic heterocycles. The molecule has 0 bridgehead atoms. The van der Waals surface area contributed by atoms with Crippen LogP contribution in [0.25, 0.3) is 21.1 Å². The third kappa shape index (κ3) is 2.92. The Kier molecular flexibility index (Phi) is 3.97. The highest BCUT2D eigenvalue weighted by Crippen LogP contribution is 2.33. The number of thiophene rings is 1. The van der Waals surface area contributed by atoms with Crippen LogP contribution in [0.4, 0.5) is 10.3 Å². The van der Waals surface area contributed by atoms with Gasteiger partial charge in [0.25, 0.3) is 5.56 Å². The van der Waals surface area contributed by atoms with Crippen LogP contribution in [0, 0.1) is 5.82 Å². The number of aromatic amines is 2. The molecule has 3 N–H and O–H groups in total. The van der Waals surface area contributed by atoms with Gasteiger partial charge in [-0.25, -0.2) is 9.37 Å². The maximum Gasteiger partial charge on any atom is 0.261 e. The smallest absolute Gasteiger partial charge is 0.261 e. The number of hydrogen-bond acceptors (Lipinski definition) is 4. The molecule has 0 unspecified atom stereocenters. The SMILES string of the molecule is O=c1[nH]c(NCCc2c[nH]c3ccc(F)cc23)nc2sc3c(c12)CCCC3. The van der Waals surface area contributed by atoms with E-state index < -0.39 is 0 Å². The van der Waals surface area contributed by atoms with E-state index in [1.807, 2.05) is 6.20 Å². The first-order valence-corrected chi connectivity index (χ1v) is 10.0. The summed E-state index contributed by atoms with van der Waals surface area (Å²) in [5.41, 5.74) is 3.09. The fourth-order valence-corrected chi connectivity index (χ4v) is 5.18. The van der Waals surface area contributed by atoms with Crippen molar-refractivity contribution in [3.05, 3.63) is 56.6 Å². The minimum Gasteiger partial charge on any atom is -0.361 e. The molecule has 0 spiro atoms. The van der Waals surface area contributed by atoms with Gasteiger partial charge in [0.2, 0.25) is 5.95 Å². The second-order valence-electron chi connectivity index (χ2n) is 6.99. The number of hydrogen-bond donors (Lipinski definition) is 3. The van der Waals surface area contributed by atoms with Crippen LogP contribution < -0.4 is 10.9 Å². The summed E-state index contributed by atoms with van der Waals surface area (Å²) >= 11 is 1.64. The van der Waals surface area contributed by atoms with Crippen molar-refractivity contribution in [3.8, 4) is 0 Å². The maximum absolute atomic E-state index is 13.5. The lowest BCUT2D eigenvalue weighted by atomic mass is 9.97. The molecular formula is C20H19FN4OS. The monoisotopic (exact) mass is 382 g/mol. The molecule has 5 nitrogen and oxygen atoms in total. The van der Waals surface area contributed by atoms with Crippen molar-refractivity contribution in [2.45, 2.75) is 32.1 Å². The van der Waals surface area contributed by atoms with Crippen molar-refractivity contribution >= 4 is 38.4 Å². The average molecular weight is 382 g/mol. The van der Waals surface area contributed by atoms with Crippen LogP contribution in [-0.4, -0.2) is 21.5 Å². The Balaban J connectivity index is 1.37. The van der Waals surface area contributed by atoms with Crippen molar-refractivity contribution in [2.75, 3.05) is 11.9 Å². The number of benzene rings is 1. The molecule has 3 aromatic heterocycles. The standard InChI is InChI=1S/C20H19FN4OS/c21-12-5-6-15-14(9-12)11(10-23-15)7-8-22-20-24-18(26)17-13-3-1-2-4-16(13)27-19(17)25-20/h5-6,9-10,23H,1-4,7-8H2,(H2,22,24,25,26). The van der Waals surface area contributed by atoms with E-state index in [4.69, 9.17) is 0 Å². The zero-order valence-electron chi connectivity index (χ0n) is 14.7. The van der Waals surface area contributed by atoms with E-state index in [-0.39, 0.29) is 11.4 Å². The summed E-state index contributed by atoms with van der Waals surface area (Å²) in [5, 5.41) is 4.87. The van der Waals surface area contributed by atoms with Gasteiger partial charge in [-0.1, -0.05) is 0 Å². The molecule has 27 heavy (non-hydrogen) atoms. The number of nitrogens with zero attached hydrogens (tertiary/aromatic N) is 1. The van der Waals surface area contributed by atoms with Crippen LogP contribution in [0.2, 0.25) is 0 Å². The molecule has 0 radical (unpaired) electrons. The van der Waals surface area contributed by atoms with E-state index in [1.165, 1.54) is 22.9 Å². The van der Waals surface area contributed by atoms with Gasteiger partial charge < -0.3 is 10.3 Å². The number of aryl methyl sites for hydroxylation is 2. The third-order valence-electron chi connectivity index (χ3n) is 5.24. The van der Waals surface area contributed by atoms with E-state index in [0.717, 1.165) is 45.9 Å². The lowest BCUT2D eigenvalue weighted by Crippen LogP contribution is -2.15. The van der Waals surface area contributed by atoms with Crippen molar-refractivity contribution in [1.82, 2.24) is 15.0 Å². The van der Waals surface area contributed by atoms with E-state index in [2.05, 4.69) is 20.3 Å². The summed E-state index contributed by atoms with van der Waals surface area (Å²) in [7, 11) is 0. The molecule has 7 heteroatoms. The number of nitrogens with one attached hydrogen (secondary N) is 3. The molecule has 0 amide bonds. The van der Waals surface area contributed by atoms with E-state index in [1.54, 1.807) is 23.5 Å². The first kappa shape index (κ1) is 16.5. The van der Waals surface area contributed by atoms with Crippen molar-refractivity contribution < 1.29 is 4.39 Å². The molecular weight excluding hydrogens is 363 g/mol. The van der Waals surface area contributed by atoms with Gasteiger partial charge >= 0.3 is 0 Å². The summed E-state index contributed by atoms with van der Waals surface area (Å²) in [6.07, 6.45) is 6.96. The number of fused-ring (bicyclic) bond motifs is 4. The molecule has 1 aliphatic carbocycles. The lowest BCUT2D eigenvalue weighted by Gasteiger charge is -2.09. The first-order chi connectivity index (χ1) is 13.2.